The normalized spacial score (nSPS) is 10.6. The van der Waals surface area contributed by atoms with Crippen LogP contribution in [-0.2, 0) is 5.75 Å². The molecule has 0 unspecified atom stereocenters. The first-order valence-corrected chi connectivity index (χ1v) is 5.49. The molecular formula is C9H12N2O3S. The maximum Gasteiger partial charge on any atom is 0.354 e. The van der Waals surface area contributed by atoms with Crippen molar-refractivity contribution in [2.45, 2.75) is 24.9 Å². The molecule has 1 aromatic heterocycles. The van der Waals surface area contributed by atoms with Crippen molar-refractivity contribution >= 4 is 17.7 Å². The molecule has 0 saturated heterocycles. The highest BCUT2D eigenvalue weighted by molar-refractivity contribution is 7.99. The molecular weight excluding hydrogens is 216 g/mol. The molecule has 0 radical (unpaired) electrons. The largest absolute Gasteiger partial charge is 0.477 e. The van der Waals surface area contributed by atoms with Gasteiger partial charge in [-0.2, -0.15) is 11.8 Å². The van der Waals surface area contributed by atoms with Crippen molar-refractivity contribution < 1.29 is 9.90 Å². The minimum absolute atomic E-state index is 0.210. The predicted molar refractivity (Wildman–Crippen MR) is 58.2 cm³/mol. The van der Waals surface area contributed by atoms with Crippen LogP contribution in [-0.4, -0.2) is 26.3 Å². The summed E-state index contributed by atoms with van der Waals surface area (Å²) in [5.41, 5.74) is -0.639. The number of nitrogens with zero attached hydrogens (tertiary/aromatic N) is 1. The fourth-order valence-electron chi connectivity index (χ4n) is 0.932. The van der Waals surface area contributed by atoms with E-state index in [9.17, 15) is 9.59 Å². The first-order chi connectivity index (χ1) is 6.99. The fourth-order valence-corrected chi connectivity index (χ4v) is 1.56. The van der Waals surface area contributed by atoms with Crippen LogP contribution in [0.1, 0.15) is 30.2 Å². The molecule has 0 aliphatic heterocycles. The lowest BCUT2D eigenvalue weighted by Gasteiger charge is -2.04. The first-order valence-electron chi connectivity index (χ1n) is 4.44. The molecule has 82 valence electrons. The lowest BCUT2D eigenvalue weighted by atomic mass is 10.4. The van der Waals surface area contributed by atoms with Gasteiger partial charge in [-0.05, 0) is 5.25 Å². The average Bonchev–Trinajstić information content (AvgIpc) is 2.13. The van der Waals surface area contributed by atoms with Crippen molar-refractivity contribution in [1.29, 1.82) is 0 Å². The highest BCUT2D eigenvalue weighted by Gasteiger charge is 2.08. The molecule has 0 aliphatic carbocycles. The lowest BCUT2D eigenvalue weighted by molar-refractivity contribution is 0.0689. The number of carboxylic acid groups (broad SMARTS) is 1. The van der Waals surface area contributed by atoms with Gasteiger partial charge in [-0.1, -0.05) is 13.8 Å². The van der Waals surface area contributed by atoms with Gasteiger partial charge in [0, 0.05) is 6.07 Å². The molecule has 0 aliphatic rings. The van der Waals surface area contributed by atoms with Gasteiger partial charge in [0.15, 0.2) is 5.69 Å². The van der Waals surface area contributed by atoms with Gasteiger partial charge in [-0.25, -0.2) is 9.78 Å². The Balaban J connectivity index is 2.89. The van der Waals surface area contributed by atoms with Crippen LogP contribution >= 0.6 is 11.8 Å². The monoisotopic (exact) mass is 228 g/mol. The van der Waals surface area contributed by atoms with E-state index in [2.05, 4.69) is 9.97 Å². The maximum atomic E-state index is 11.1. The highest BCUT2D eigenvalue weighted by Crippen LogP contribution is 2.13. The summed E-state index contributed by atoms with van der Waals surface area (Å²) in [6, 6.07) is 0.978. The van der Waals surface area contributed by atoms with Crippen molar-refractivity contribution in [2.24, 2.45) is 0 Å². The number of carboxylic acids is 1. The third kappa shape index (κ3) is 3.75. The van der Waals surface area contributed by atoms with Crippen LogP contribution in [0.2, 0.25) is 0 Å². The molecule has 0 bridgehead atoms. The molecule has 6 heteroatoms. The van der Waals surface area contributed by atoms with E-state index in [0.29, 0.717) is 16.8 Å². The Labute approximate surface area is 90.9 Å². The van der Waals surface area contributed by atoms with Gasteiger partial charge in [0.1, 0.15) is 5.82 Å². The molecule has 15 heavy (non-hydrogen) atoms. The first kappa shape index (κ1) is 11.8. The van der Waals surface area contributed by atoms with E-state index < -0.39 is 11.5 Å². The quantitative estimate of drug-likeness (QED) is 0.806. The van der Waals surface area contributed by atoms with Crippen molar-refractivity contribution in [1.82, 2.24) is 9.97 Å². The van der Waals surface area contributed by atoms with Gasteiger partial charge in [0.25, 0.3) is 5.56 Å². The molecule has 0 aromatic carbocycles. The summed E-state index contributed by atoms with van der Waals surface area (Å²) in [6.45, 7) is 4.04. The van der Waals surface area contributed by atoms with Crippen LogP contribution in [0.5, 0.6) is 0 Å². The minimum Gasteiger partial charge on any atom is -0.477 e. The number of aromatic carboxylic acids is 1. The van der Waals surface area contributed by atoms with Gasteiger partial charge in [-0.15, -0.1) is 0 Å². The Bertz CT molecular complexity index is 414. The number of aromatic amines is 1. The van der Waals surface area contributed by atoms with Gasteiger partial charge in [0.2, 0.25) is 0 Å². The van der Waals surface area contributed by atoms with Crippen molar-refractivity contribution in [3.8, 4) is 0 Å². The number of rotatable bonds is 4. The minimum atomic E-state index is -1.18. The molecule has 5 nitrogen and oxygen atoms in total. The van der Waals surface area contributed by atoms with E-state index in [1.807, 2.05) is 13.8 Å². The Morgan fingerprint density at radius 2 is 2.33 bits per heavy atom. The van der Waals surface area contributed by atoms with Crippen molar-refractivity contribution in [3.05, 3.63) is 27.9 Å². The number of hydrogen-bond donors (Lipinski definition) is 2. The van der Waals surface area contributed by atoms with Crippen LogP contribution in [0.15, 0.2) is 10.9 Å². The standard InChI is InChI=1S/C9H12N2O3S/c1-5(2)15-4-7-10-6(9(13)14)3-8(12)11-7/h3,5H,4H2,1-2H3,(H,13,14)(H,10,11,12). The molecule has 1 rings (SSSR count). The summed E-state index contributed by atoms with van der Waals surface area (Å²) in [5, 5.41) is 9.10. The van der Waals surface area contributed by atoms with E-state index in [1.54, 1.807) is 11.8 Å². The summed E-state index contributed by atoms with van der Waals surface area (Å²) in [4.78, 5) is 28.0. The van der Waals surface area contributed by atoms with Crippen LogP contribution in [0.4, 0.5) is 0 Å². The summed E-state index contributed by atoms with van der Waals surface area (Å²) < 4.78 is 0. The van der Waals surface area contributed by atoms with Gasteiger partial charge >= 0.3 is 5.97 Å². The van der Waals surface area contributed by atoms with Crippen molar-refractivity contribution in [3.63, 3.8) is 0 Å². The van der Waals surface area contributed by atoms with Crippen LogP contribution < -0.4 is 5.56 Å². The molecule has 0 fully saturated rings. The molecule has 1 aromatic rings. The SMILES string of the molecule is CC(C)SCc1nc(C(=O)O)cc(=O)[nH]1. The Morgan fingerprint density at radius 3 is 2.87 bits per heavy atom. The number of H-pyrrole nitrogens is 1. The van der Waals surface area contributed by atoms with Crippen molar-refractivity contribution in [2.75, 3.05) is 0 Å². The van der Waals surface area contributed by atoms with Crippen LogP contribution in [0.3, 0.4) is 0 Å². The zero-order valence-corrected chi connectivity index (χ0v) is 9.30. The predicted octanol–water partition coefficient (Wildman–Crippen LogP) is 1.11. The van der Waals surface area contributed by atoms with E-state index in [4.69, 9.17) is 5.11 Å². The van der Waals surface area contributed by atoms with Crippen LogP contribution in [0.25, 0.3) is 0 Å². The van der Waals surface area contributed by atoms with E-state index >= 15 is 0 Å². The third-order valence-electron chi connectivity index (χ3n) is 1.56. The van der Waals surface area contributed by atoms with Gasteiger partial charge < -0.3 is 10.1 Å². The summed E-state index contributed by atoms with van der Waals surface area (Å²) >= 11 is 1.59. The average molecular weight is 228 g/mol. The van der Waals surface area contributed by atoms with E-state index in [-0.39, 0.29) is 5.69 Å². The maximum absolute atomic E-state index is 11.1. The second-order valence-corrected chi connectivity index (χ2v) is 4.81. The number of hydrogen-bond acceptors (Lipinski definition) is 4. The number of carbonyl (C=O) groups is 1. The number of nitrogens with one attached hydrogen (secondary N) is 1. The smallest absolute Gasteiger partial charge is 0.354 e. The summed E-state index contributed by atoms with van der Waals surface area (Å²) in [5.74, 6) is -0.274. The lowest BCUT2D eigenvalue weighted by Crippen LogP contribution is -2.15. The zero-order chi connectivity index (χ0) is 11.4. The summed E-state index contributed by atoms with van der Waals surface area (Å²) in [6.07, 6.45) is 0. The van der Waals surface area contributed by atoms with E-state index in [0.717, 1.165) is 6.07 Å². The number of aromatic nitrogens is 2. The molecule has 0 atom stereocenters. The Kier molecular flexibility index (Phi) is 3.90. The molecule has 0 saturated carbocycles. The van der Waals surface area contributed by atoms with Gasteiger partial charge in [0.05, 0.1) is 5.75 Å². The zero-order valence-electron chi connectivity index (χ0n) is 8.48. The van der Waals surface area contributed by atoms with Gasteiger partial charge in [-0.3, -0.25) is 4.79 Å². The Morgan fingerprint density at radius 1 is 1.67 bits per heavy atom. The second kappa shape index (κ2) is 4.97. The summed E-state index contributed by atoms with van der Waals surface area (Å²) in [7, 11) is 0. The molecule has 0 spiro atoms. The number of thioether (sulfide) groups is 1. The highest BCUT2D eigenvalue weighted by atomic mass is 32.2. The Hall–Kier alpha value is -1.30. The second-order valence-electron chi connectivity index (χ2n) is 3.24. The van der Waals surface area contributed by atoms with Crippen LogP contribution in [0, 0.1) is 0 Å². The fraction of sp³-hybridized carbons (Fsp3) is 0.444. The molecule has 1 heterocycles. The molecule has 2 N–H and O–H groups in total. The third-order valence-corrected chi connectivity index (χ3v) is 2.67. The van der Waals surface area contributed by atoms with E-state index in [1.165, 1.54) is 0 Å². The topological polar surface area (TPSA) is 83.0 Å². The molecule has 0 amide bonds.